The Morgan fingerprint density at radius 2 is 1.75 bits per heavy atom. The van der Waals surface area contributed by atoms with Crippen LogP contribution in [0.2, 0.25) is 0 Å². The van der Waals surface area contributed by atoms with Gasteiger partial charge in [-0.2, -0.15) is 0 Å². The fourth-order valence-corrected chi connectivity index (χ4v) is 1.56. The molecule has 3 heteroatoms. The highest BCUT2D eigenvalue weighted by Gasteiger charge is 2.18. The number of ether oxygens (including phenoxy) is 1. The molecule has 0 aliphatic carbocycles. The molecule has 16 heavy (non-hydrogen) atoms. The van der Waals surface area contributed by atoms with E-state index < -0.39 is 0 Å². The molecule has 0 radical (unpaired) electrons. The maximum Gasteiger partial charge on any atom is 0.306 e. The van der Waals surface area contributed by atoms with E-state index in [1.165, 1.54) is 0 Å². The van der Waals surface area contributed by atoms with E-state index in [4.69, 9.17) is 10.5 Å². The van der Waals surface area contributed by atoms with Crippen molar-refractivity contribution in [2.24, 2.45) is 23.5 Å². The lowest BCUT2D eigenvalue weighted by molar-refractivity contribution is -0.151. The maximum absolute atomic E-state index is 11.6. The molecule has 0 heterocycles. The van der Waals surface area contributed by atoms with Gasteiger partial charge in [-0.05, 0) is 37.6 Å². The quantitative estimate of drug-likeness (QED) is 0.683. The van der Waals surface area contributed by atoms with Gasteiger partial charge in [0.05, 0.1) is 0 Å². The first-order chi connectivity index (χ1) is 7.36. The van der Waals surface area contributed by atoms with Crippen molar-refractivity contribution < 1.29 is 9.53 Å². The Bertz CT molecular complexity index is 202. The first-order valence-corrected chi connectivity index (χ1v) is 6.26. The average molecular weight is 229 g/mol. The van der Waals surface area contributed by atoms with E-state index in [2.05, 4.69) is 13.8 Å². The molecule has 0 saturated heterocycles. The van der Waals surface area contributed by atoms with E-state index >= 15 is 0 Å². The molecule has 0 aromatic carbocycles. The van der Waals surface area contributed by atoms with Crippen LogP contribution in [0.1, 0.15) is 47.5 Å². The van der Waals surface area contributed by atoms with Gasteiger partial charge in [-0.1, -0.05) is 27.7 Å². The molecule has 2 N–H and O–H groups in total. The number of carbonyl (C=O) groups is 1. The van der Waals surface area contributed by atoms with Crippen molar-refractivity contribution in [2.45, 2.75) is 53.6 Å². The summed E-state index contributed by atoms with van der Waals surface area (Å²) in [5, 5.41) is 0. The zero-order chi connectivity index (χ0) is 12.7. The predicted octanol–water partition coefficient (Wildman–Crippen LogP) is 2.59. The normalized spacial score (nSPS) is 15.2. The van der Waals surface area contributed by atoms with Gasteiger partial charge < -0.3 is 10.5 Å². The van der Waals surface area contributed by atoms with E-state index in [9.17, 15) is 4.79 Å². The van der Waals surface area contributed by atoms with Crippen molar-refractivity contribution in [3.63, 3.8) is 0 Å². The van der Waals surface area contributed by atoms with E-state index in [0.29, 0.717) is 24.8 Å². The molecule has 3 nitrogen and oxygen atoms in total. The smallest absolute Gasteiger partial charge is 0.306 e. The highest BCUT2D eigenvalue weighted by atomic mass is 16.5. The van der Waals surface area contributed by atoms with Crippen molar-refractivity contribution in [3.8, 4) is 0 Å². The van der Waals surface area contributed by atoms with Crippen molar-refractivity contribution in [1.82, 2.24) is 0 Å². The Morgan fingerprint density at radius 1 is 1.19 bits per heavy atom. The van der Waals surface area contributed by atoms with Gasteiger partial charge in [0.15, 0.2) is 0 Å². The SMILES string of the molecule is CC(C)C[C@H](CN)CC(=O)OC(C)C(C)C. The summed E-state index contributed by atoms with van der Waals surface area (Å²) in [4.78, 5) is 11.6. The molecule has 0 rings (SSSR count). The van der Waals surface area contributed by atoms with Gasteiger partial charge >= 0.3 is 5.97 Å². The predicted molar refractivity (Wildman–Crippen MR) is 67.0 cm³/mol. The highest BCUT2D eigenvalue weighted by molar-refractivity contribution is 5.69. The van der Waals surface area contributed by atoms with Gasteiger partial charge in [0, 0.05) is 6.42 Å². The molecule has 0 aromatic heterocycles. The average Bonchev–Trinajstić information content (AvgIpc) is 2.15. The van der Waals surface area contributed by atoms with Crippen LogP contribution in [0.15, 0.2) is 0 Å². The Hall–Kier alpha value is -0.570. The fourth-order valence-electron chi connectivity index (χ4n) is 1.56. The third kappa shape index (κ3) is 6.83. The number of rotatable bonds is 7. The third-order valence-corrected chi connectivity index (χ3v) is 2.85. The van der Waals surface area contributed by atoms with Crippen LogP contribution in [-0.2, 0) is 9.53 Å². The van der Waals surface area contributed by atoms with Crippen LogP contribution in [0.5, 0.6) is 0 Å². The molecule has 2 atom stereocenters. The molecule has 1 unspecified atom stereocenters. The van der Waals surface area contributed by atoms with Crippen LogP contribution in [0, 0.1) is 17.8 Å². The second-order valence-corrected chi connectivity index (χ2v) is 5.37. The summed E-state index contributed by atoms with van der Waals surface area (Å²) in [6, 6.07) is 0. The van der Waals surface area contributed by atoms with Gasteiger partial charge in [-0.15, -0.1) is 0 Å². The van der Waals surface area contributed by atoms with Gasteiger partial charge in [0.25, 0.3) is 0 Å². The molecule has 0 spiro atoms. The van der Waals surface area contributed by atoms with Crippen molar-refractivity contribution in [2.75, 3.05) is 6.54 Å². The minimum absolute atomic E-state index is 0.00928. The standard InChI is InChI=1S/C13H27NO2/c1-9(2)6-12(8-14)7-13(15)16-11(5)10(3)4/h9-12H,6-8,14H2,1-5H3/t11?,12-/m0/s1. The highest BCUT2D eigenvalue weighted by Crippen LogP contribution is 2.16. The molecular weight excluding hydrogens is 202 g/mol. The van der Waals surface area contributed by atoms with E-state index in [-0.39, 0.29) is 18.0 Å². The molecule has 0 aliphatic heterocycles. The molecule has 0 amide bonds. The van der Waals surface area contributed by atoms with Crippen LogP contribution in [0.3, 0.4) is 0 Å². The lowest BCUT2D eigenvalue weighted by Crippen LogP contribution is -2.25. The molecular formula is C13H27NO2. The van der Waals surface area contributed by atoms with E-state index in [1.54, 1.807) is 0 Å². The third-order valence-electron chi connectivity index (χ3n) is 2.85. The number of esters is 1. The van der Waals surface area contributed by atoms with Gasteiger partial charge in [0.1, 0.15) is 6.10 Å². The van der Waals surface area contributed by atoms with E-state index in [0.717, 1.165) is 6.42 Å². The minimum Gasteiger partial charge on any atom is -0.462 e. The van der Waals surface area contributed by atoms with Gasteiger partial charge in [-0.25, -0.2) is 0 Å². The van der Waals surface area contributed by atoms with Crippen LogP contribution >= 0.6 is 0 Å². The first-order valence-electron chi connectivity index (χ1n) is 6.26. The molecule has 0 fully saturated rings. The van der Waals surface area contributed by atoms with Crippen LogP contribution in [-0.4, -0.2) is 18.6 Å². The Morgan fingerprint density at radius 3 is 2.12 bits per heavy atom. The second-order valence-electron chi connectivity index (χ2n) is 5.37. The van der Waals surface area contributed by atoms with Crippen LogP contribution < -0.4 is 5.73 Å². The molecule has 0 bridgehead atoms. The number of hydrogen-bond acceptors (Lipinski definition) is 3. The first kappa shape index (κ1) is 15.4. The Kier molecular flexibility index (Phi) is 7.39. The number of carbonyl (C=O) groups excluding carboxylic acids is 1. The number of hydrogen-bond donors (Lipinski definition) is 1. The zero-order valence-corrected chi connectivity index (χ0v) is 11.3. The largest absolute Gasteiger partial charge is 0.462 e. The summed E-state index contributed by atoms with van der Waals surface area (Å²) in [6.07, 6.45) is 1.43. The van der Waals surface area contributed by atoms with Gasteiger partial charge in [0.2, 0.25) is 0 Å². The summed E-state index contributed by atoms with van der Waals surface area (Å²) in [5.41, 5.74) is 5.65. The number of nitrogens with two attached hydrogens (primary N) is 1. The monoisotopic (exact) mass is 229 g/mol. The van der Waals surface area contributed by atoms with E-state index in [1.807, 2.05) is 20.8 Å². The zero-order valence-electron chi connectivity index (χ0n) is 11.3. The van der Waals surface area contributed by atoms with Crippen molar-refractivity contribution in [3.05, 3.63) is 0 Å². The molecule has 96 valence electrons. The summed E-state index contributed by atoms with van der Waals surface area (Å²) < 4.78 is 5.33. The molecule has 0 aliphatic rings. The lowest BCUT2D eigenvalue weighted by Gasteiger charge is -2.20. The Balaban J connectivity index is 4.01. The van der Waals surface area contributed by atoms with Crippen LogP contribution in [0.25, 0.3) is 0 Å². The summed E-state index contributed by atoms with van der Waals surface area (Å²) in [5.74, 6) is 1.08. The summed E-state index contributed by atoms with van der Waals surface area (Å²) in [6.45, 7) is 10.9. The maximum atomic E-state index is 11.6. The Labute approximate surface area is 99.7 Å². The summed E-state index contributed by atoms with van der Waals surface area (Å²) >= 11 is 0. The summed E-state index contributed by atoms with van der Waals surface area (Å²) in [7, 11) is 0. The van der Waals surface area contributed by atoms with Crippen molar-refractivity contribution >= 4 is 5.97 Å². The molecule has 0 aromatic rings. The minimum atomic E-state index is -0.114. The second kappa shape index (κ2) is 7.66. The molecule has 0 saturated carbocycles. The van der Waals surface area contributed by atoms with Crippen LogP contribution in [0.4, 0.5) is 0 Å². The van der Waals surface area contributed by atoms with Gasteiger partial charge in [-0.3, -0.25) is 4.79 Å². The lowest BCUT2D eigenvalue weighted by atomic mass is 9.94. The van der Waals surface area contributed by atoms with Crippen molar-refractivity contribution in [1.29, 1.82) is 0 Å². The fraction of sp³-hybridized carbons (Fsp3) is 0.923. The topological polar surface area (TPSA) is 52.3 Å².